The lowest BCUT2D eigenvalue weighted by Crippen LogP contribution is -2.42. The summed E-state index contributed by atoms with van der Waals surface area (Å²) >= 11 is 0. The molecule has 2 heterocycles. The van der Waals surface area contributed by atoms with E-state index in [1.165, 1.54) is 11.1 Å². The smallest absolute Gasteiger partial charge is 0.306 e. The Balaban J connectivity index is 1.65. The zero-order chi connectivity index (χ0) is 14.1. The normalized spacial score (nSPS) is 26.1. The molecule has 1 N–H and O–H groups in total. The molecule has 4 heteroatoms. The molecule has 0 radical (unpaired) electrons. The van der Waals surface area contributed by atoms with Crippen LogP contribution in [0.4, 0.5) is 0 Å². The van der Waals surface area contributed by atoms with E-state index in [0.29, 0.717) is 6.04 Å². The molecule has 3 rings (SSSR count). The number of hydrogen-bond acceptors (Lipinski definition) is 3. The van der Waals surface area contributed by atoms with Crippen LogP contribution >= 0.6 is 0 Å². The van der Waals surface area contributed by atoms with Gasteiger partial charge in [0.25, 0.3) is 0 Å². The molecule has 1 fully saturated rings. The fourth-order valence-electron chi connectivity index (χ4n) is 3.25. The molecule has 1 aromatic carbocycles. The molecule has 0 bridgehead atoms. The molecule has 108 valence electrons. The summed E-state index contributed by atoms with van der Waals surface area (Å²) < 4.78 is 5.53. The summed E-state index contributed by atoms with van der Waals surface area (Å²) in [5.41, 5.74) is 2.60. The number of carboxylic acid groups (broad SMARTS) is 1. The molecule has 1 saturated heterocycles. The first-order valence-corrected chi connectivity index (χ1v) is 7.35. The number of benzene rings is 1. The lowest BCUT2D eigenvalue weighted by atomic mass is 9.91. The van der Waals surface area contributed by atoms with Crippen molar-refractivity contribution in [3.63, 3.8) is 0 Å². The Hall–Kier alpha value is -1.55. The topological polar surface area (TPSA) is 49.8 Å². The Morgan fingerprint density at radius 3 is 3.10 bits per heavy atom. The lowest BCUT2D eigenvalue weighted by Gasteiger charge is -2.36. The highest BCUT2D eigenvalue weighted by Crippen LogP contribution is 2.28. The molecule has 0 saturated carbocycles. The van der Waals surface area contributed by atoms with Crippen molar-refractivity contribution in [2.24, 2.45) is 5.92 Å². The number of fused-ring (bicyclic) bond motifs is 1. The second kappa shape index (κ2) is 5.44. The van der Waals surface area contributed by atoms with E-state index in [4.69, 9.17) is 9.84 Å². The van der Waals surface area contributed by atoms with E-state index in [-0.39, 0.29) is 5.92 Å². The molecule has 2 aliphatic heterocycles. The van der Waals surface area contributed by atoms with E-state index >= 15 is 0 Å². The van der Waals surface area contributed by atoms with Crippen LogP contribution in [0.3, 0.4) is 0 Å². The van der Waals surface area contributed by atoms with Gasteiger partial charge in [-0.25, -0.2) is 0 Å². The van der Waals surface area contributed by atoms with Crippen molar-refractivity contribution in [3.05, 3.63) is 29.3 Å². The zero-order valence-electron chi connectivity index (χ0n) is 11.8. The van der Waals surface area contributed by atoms with E-state index in [9.17, 15) is 4.79 Å². The van der Waals surface area contributed by atoms with Gasteiger partial charge in [0.2, 0.25) is 0 Å². The third-order valence-corrected chi connectivity index (χ3v) is 4.50. The van der Waals surface area contributed by atoms with Gasteiger partial charge < -0.3 is 9.84 Å². The van der Waals surface area contributed by atoms with Crippen LogP contribution in [0, 0.1) is 5.92 Å². The fraction of sp³-hybridized carbons (Fsp3) is 0.562. The van der Waals surface area contributed by atoms with Crippen LogP contribution in [-0.2, 0) is 17.8 Å². The maximum atomic E-state index is 11.1. The number of aliphatic carboxylic acids is 1. The first-order chi connectivity index (χ1) is 9.63. The third kappa shape index (κ3) is 2.66. The summed E-state index contributed by atoms with van der Waals surface area (Å²) in [6, 6.07) is 6.75. The maximum Gasteiger partial charge on any atom is 0.306 e. The predicted octanol–water partition coefficient (Wildman–Crippen LogP) is 2.31. The Morgan fingerprint density at radius 2 is 2.35 bits per heavy atom. The van der Waals surface area contributed by atoms with Gasteiger partial charge in [-0.05, 0) is 43.5 Å². The van der Waals surface area contributed by atoms with Crippen molar-refractivity contribution in [3.8, 4) is 5.75 Å². The summed E-state index contributed by atoms with van der Waals surface area (Å²) in [5, 5.41) is 9.11. The molecule has 20 heavy (non-hydrogen) atoms. The van der Waals surface area contributed by atoms with Crippen molar-refractivity contribution in [2.75, 3.05) is 13.2 Å². The molecule has 2 unspecified atom stereocenters. The van der Waals surface area contributed by atoms with Crippen LogP contribution in [0.15, 0.2) is 18.2 Å². The quantitative estimate of drug-likeness (QED) is 0.919. The first-order valence-electron chi connectivity index (χ1n) is 7.35. The molecule has 2 aliphatic rings. The van der Waals surface area contributed by atoms with Crippen LogP contribution < -0.4 is 4.74 Å². The monoisotopic (exact) mass is 275 g/mol. The third-order valence-electron chi connectivity index (χ3n) is 4.50. The van der Waals surface area contributed by atoms with Crippen LogP contribution in [0.5, 0.6) is 5.75 Å². The minimum absolute atomic E-state index is 0.172. The number of carbonyl (C=O) groups is 1. The van der Waals surface area contributed by atoms with E-state index < -0.39 is 5.97 Å². The summed E-state index contributed by atoms with van der Waals surface area (Å²) in [7, 11) is 0. The number of likely N-dealkylation sites (tertiary alicyclic amines) is 1. The Labute approximate surface area is 119 Å². The molecule has 1 aromatic rings. The van der Waals surface area contributed by atoms with Gasteiger partial charge in [0.15, 0.2) is 0 Å². The highest BCUT2D eigenvalue weighted by atomic mass is 16.5. The SMILES string of the molecule is CC1CC(C(=O)O)CCN1Cc1ccc2c(c1)CCO2. The Kier molecular flexibility index (Phi) is 3.66. The number of hydrogen-bond donors (Lipinski definition) is 1. The van der Waals surface area contributed by atoms with Crippen molar-refractivity contribution in [2.45, 2.75) is 38.8 Å². The van der Waals surface area contributed by atoms with Gasteiger partial charge in [-0.2, -0.15) is 0 Å². The van der Waals surface area contributed by atoms with Crippen LogP contribution in [0.1, 0.15) is 30.9 Å². The van der Waals surface area contributed by atoms with Gasteiger partial charge in [-0.3, -0.25) is 9.69 Å². The van der Waals surface area contributed by atoms with Gasteiger partial charge in [-0.15, -0.1) is 0 Å². The second-order valence-electron chi connectivity index (χ2n) is 5.92. The van der Waals surface area contributed by atoms with Gasteiger partial charge in [0.05, 0.1) is 12.5 Å². The number of rotatable bonds is 3. The van der Waals surface area contributed by atoms with E-state index in [1.807, 2.05) is 0 Å². The maximum absolute atomic E-state index is 11.1. The number of ether oxygens (including phenoxy) is 1. The zero-order valence-corrected chi connectivity index (χ0v) is 11.8. The minimum atomic E-state index is -0.647. The summed E-state index contributed by atoms with van der Waals surface area (Å²) in [4.78, 5) is 13.4. The fourth-order valence-corrected chi connectivity index (χ4v) is 3.25. The lowest BCUT2D eigenvalue weighted by molar-refractivity contribution is -0.144. The molecule has 0 spiro atoms. The first kappa shape index (κ1) is 13.4. The Bertz CT molecular complexity index is 514. The molecule has 4 nitrogen and oxygen atoms in total. The molecule has 0 amide bonds. The number of nitrogens with zero attached hydrogens (tertiary/aromatic N) is 1. The number of carboxylic acids is 1. The van der Waals surface area contributed by atoms with Crippen molar-refractivity contribution in [1.29, 1.82) is 0 Å². The van der Waals surface area contributed by atoms with Gasteiger partial charge in [0.1, 0.15) is 5.75 Å². The predicted molar refractivity (Wildman–Crippen MR) is 75.9 cm³/mol. The van der Waals surface area contributed by atoms with E-state index in [2.05, 4.69) is 30.0 Å². The molecule has 0 aromatic heterocycles. The number of piperidine rings is 1. The molecular formula is C16H21NO3. The van der Waals surface area contributed by atoms with Gasteiger partial charge >= 0.3 is 5.97 Å². The van der Waals surface area contributed by atoms with E-state index in [1.54, 1.807) is 0 Å². The highest BCUT2D eigenvalue weighted by molar-refractivity contribution is 5.70. The van der Waals surface area contributed by atoms with Crippen molar-refractivity contribution >= 4 is 5.97 Å². The average molecular weight is 275 g/mol. The average Bonchev–Trinajstić information content (AvgIpc) is 2.88. The van der Waals surface area contributed by atoms with Crippen LogP contribution in [0.25, 0.3) is 0 Å². The molecule has 0 aliphatic carbocycles. The van der Waals surface area contributed by atoms with Crippen LogP contribution in [-0.4, -0.2) is 35.2 Å². The molecule has 2 atom stereocenters. The molecular weight excluding hydrogens is 254 g/mol. The van der Waals surface area contributed by atoms with Crippen LogP contribution in [0.2, 0.25) is 0 Å². The van der Waals surface area contributed by atoms with E-state index in [0.717, 1.165) is 44.7 Å². The Morgan fingerprint density at radius 1 is 1.50 bits per heavy atom. The highest BCUT2D eigenvalue weighted by Gasteiger charge is 2.29. The summed E-state index contributed by atoms with van der Waals surface area (Å²) in [6.07, 6.45) is 2.51. The standard InChI is InChI=1S/C16H21NO3/c1-11-8-14(16(18)19)4-6-17(11)10-12-2-3-15-13(9-12)5-7-20-15/h2-3,9,11,14H,4-8,10H2,1H3,(H,18,19). The minimum Gasteiger partial charge on any atom is -0.493 e. The summed E-state index contributed by atoms with van der Waals surface area (Å²) in [5.74, 6) is 0.201. The van der Waals surface area contributed by atoms with Gasteiger partial charge in [-0.1, -0.05) is 12.1 Å². The van der Waals surface area contributed by atoms with Crippen molar-refractivity contribution in [1.82, 2.24) is 4.90 Å². The summed E-state index contributed by atoms with van der Waals surface area (Å²) in [6.45, 7) is 4.69. The van der Waals surface area contributed by atoms with Gasteiger partial charge in [0, 0.05) is 19.0 Å². The van der Waals surface area contributed by atoms with Crippen molar-refractivity contribution < 1.29 is 14.6 Å². The largest absolute Gasteiger partial charge is 0.493 e. The second-order valence-corrected chi connectivity index (χ2v) is 5.92.